The van der Waals surface area contributed by atoms with Crippen LogP contribution in [-0.2, 0) is 6.42 Å². The van der Waals surface area contributed by atoms with Crippen molar-refractivity contribution in [3.05, 3.63) is 52.9 Å². The molecule has 1 aromatic heterocycles. The Labute approximate surface area is 116 Å². The molecular weight excluding hydrogens is 267 g/mol. The molecule has 100 valence electrons. The Morgan fingerprint density at radius 1 is 1.37 bits per heavy atom. The highest BCUT2D eigenvalue weighted by molar-refractivity contribution is 6.30. The fourth-order valence-corrected chi connectivity index (χ4v) is 1.80. The third-order valence-electron chi connectivity index (χ3n) is 2.47. The second kappa shape index (κ2) is 5.99. The number of nitrogens with zero attached hydrogens (tertiary/aromatic N) is 1. The van der Waals surface area contributed by atoms with E-state index in [0.29, 0.717) is 11.6 Å². The van der Waals surface area contributed by atoms with Gasteiger partial charge in [0.15, 0.2) is 0 Å². The summed E-state index contributed by atoms with van der Waals surface area (Å²) < 4.78 is 18.5. The minimum atomic E-state index is -0.478. The average molecular weight is 281 g/mol. The minimum absolute atomic E-state index is 0.0195. The first kappa shape index (κ1) is 13.8. The van der Waals surface area contributed by atoms with Gasteiger partial charge in [-0.25, -0.2) is 9.37 Å². The van der Waals surface area contributed by atoms with Gasteiger partial charge in [0.25, 0.3) is 0 Å². The van der Waals surface area contributed by atoms with Crippen molar-refractivity contribution in [2.45, 2.75) is 19.4 Å². The van der Waals surface area contributed by atoms with Crippen LogP contribution in [0.4, 0.5) is 4.39 Å². The highest BCUT2D eigenvalue weighted by atomic mass is 35.5. The van der Waals surface area contributed by atoms with E-state index >= 15 is 0 Å². The molecule has 3 nitrogen and oxygen atoms in total. The van der Waals surface area contributed by atoms with Crippen molar-refractivity contribution in [3.63, 3.8) is 0 Å². The van der Waals surface area contributed by atoms with Gasteiger partial charge in [0, 0.05) is 24.4 Å². The lowest BCUT2D eigenvalue weighted by molar-refractivity contribution is 0.460. The van der Waals surface area contributed by atoms with E-state index in [1.807, 2.05) is 13.0 Å². The normalized spacial score (nSPS) is 12.2. The molecule has 19 heavy (non-hydrogen) atoms. The van der Waals surface area contributed by atoms with Gasteiger partial charge in [0.2, 0.25) is 5.88 Å². The Hall–Kier alpha value is -1.65. The molecule has 0 fully saturated rings. The van der Waals surface area contributed by atoms with Gasteiger partial charge in [-0.15, -0.1) is 0 Å². The van der Waals surface area contributed by atoms with Crippen LogP contribution in [0.25, 0.3) is 0 Å². The third-order valence-corrected chi connectivity index (χ3v) is 2.76. The summed E-state index contributed by atoms with van der Waals surface area (Å²) in [4.78, 5) is 4.16. The quantitative estimate of drug-likeness (QED) is 0.931. The molecule has 0 aliphatic rings. The van der Waals surface area contributed by atoms with Crippen LogP contribution < -0.4 is 10.5 Å². The molecule has 0 radical (unpaired) electrons. The van der Waals surface area contributed by atoms with Gasteiger partial charge in [-0.3, -0.25) is 0 Å². The van der Waals surface area contributed by atoms with Gasteiger partial charge < -0.3 is 10.5 Å². The molecule has 1 atom stereocenters. The number of ether oxygens (including phenoxy) is 1. The molecule has 0 amide bonds. The van der Waals surface area contributed by atoms with Crippen LogP contribution in [0.5, 0.6) is 11.6 Å². The largest absolute Gasteiger partial charge is 0.439 e. The molecular formula is C14H14ClFN2O. The predicted molar refractivity (Wildman–Crippen MR) is 73.1 cm³/mol. The zero-order chi connectivity index (χ0) is 13.8. The number of hydrogen-bond donors (Lipinski definition) is 1. The van der Waals surface area contributed by atoms with E-state index in [0.717, 1.165) is 12.0 Å². The van der Waals surface area contributed by atoms with Crippen molar-refractivity contribution < 1.29 is 9.13 Å². The number of nitrogens with two attached hydrogens (primary N) is 1. The molecule has 0 saturated heterocycles. The van der Waals surface area contributed by atoms with Crippen molar-refractivity contribution in [2.24, 2.45) is 5.73 Å². The molecule has 0 aliphatic carbocycles. The lowest BCUT2D eigenvalue weighted by Gasteiger charge is -2.07. The van der Waals surface area contributed by atoms with E-state index in [1.54, 1.807) is 12.3 Å². The zero-order valence-electron chi connectivity index (χ0n) is 10.4. The average Bonchev–Trinajstić information content (AvgIpc) is 2.36. The second-order valence-corrected chi connectivity index (χ2v) is 4.77. The summed E-state index contributed by atoms with van der Waals surface area (Å²) in [5.41, 5.74) is 6.75. The van der Waals surface area contributed by atoms with Gasteiger partial charge >= 0.3 is 0 Å². The first-order valence-corrected chi connectivity index (χ1v) is 6.26. The molecule has 0 spiro atoms. The highest BCUT2D eigenvalue weighted by Crippen LogP contribution is 2.25. The zero-order valence-corrected chi connectivity index (χ0v) is 11.2. The number of halogens is 2. The number of benzene rings is 1. The highest BCUT2D eigenvalue weighted by Gasteiger charge is 2.04. The molecule has 2 aromatic rings. The SMILES string of the molecule is CC(N)Cc1ccc(Oc2ccc(F)c(Cl)c2)nc1. The summed E-state index contributed by atoms with van der Waals surface area (Å²) in [6, 6.07) is 7.89. The van der Waals surface area contributed by atoms with E-state index in [-0.39, 0.29) is 11.1 Å². The Bertz CT molecular complexity index is 558. The Morgan fingerprint density at radius 2 is 2.16 bits per heavy atom. The second-order valence-electron chi connectivity index (χ2n) is 4.36. The maximum atomic E-state index is 13.0. The number of hydrogen-bond acceptors (Lipinski definition) is 3. The van der Waals surface area contributed by atoms with Gasteiger partial charge in [0.05, 0.1) is 5.02 Å². The van der Waals surface area contributed by atoms with Crippen LogP contribution in [0.1, 0.15) is 12.5 Å². The van der Waals surface area contributed by atoms with E-state index in [2.05, 4.69) is 4.98 Å². The first-order valence-electron chi connectivity index (χ1n) is 5.88. The third kappa shape index (κ3) is 3.91. The van der Waals surface area contributed by atoms with E-state index in [1.165, 1.54) is 18.2 Å². The van der Waals surface area contributed by atoms with Gasteiger partial charge in [0.1, 0.15) is 11.6 Å². The van der Waals surface area contributed by atoms with Crippen LogP contribution in [0.15, 0.2) is 36.5 Å². The number of rotatable bonds is 4. The summed E-state index contributed by atoms with van der Waals surface area (Å²) in [6.45, 7) is 1.94. The van der Waals surface area contributed by atoms with E-state index in [9.17, 15) is 4.39 Å². The summed E-state index contributed by atoms with van der Waals surface area (Å²) in [5.74, 6) is 0.393. The molecule has 0 bridgehead atoms. The monoisotopic (exact) mass is 280 g/mol. The molecule has 2 N–H and O–H groups in total. The van der Waals surface area contributed by atoms with Gasteiger partial charge in [-0.05, 0) is 31.0 Å². The standard InChI is InChI=1S/C14H14ClFN2O/c1-9(17)6-10-2-5-14(18-8-10)19-11-3-4-13(16)12(15)7-11/h2-5,7-9H,6,17H2,1H3. The Kier molecular flexibility index (Phi) is 4.35. The lowest BCUT2D eigenvalue weighted by atomic mass is 10.1. The molecule has 1 aromatic carbocycles. The van der Waals surface area contributed by atoms with Crippen LogP contribution in [0.2, 0.25) is 5.02 Å². The van der Waals surface area contributed by atoms with Crippen LogP contribution in [-0.4, -0.2) is 11.0 Å². The maximum absolute atomic E-state index is 13.0. The van der Waals surface area contributed by atoms with E-state index < -0.39 is 5.82 Å². The first-order chi connectivity index (χ1) is 9.04. The summed E-state index contributed by atoms with van der Waals surface area (Å²) in [7, 11) is 0. The van der Waals surface area contributed by atoms with Crippen molar-refractivity contribution in [1.82, 2.24) is 4.98 Å². The van der Waals surface area contributed by atoms with Gasteiger partial charge in [-0.2, -0.15) is 0 Å². The molecule has 1 heterocycles. The number of aromatic nitrogens is 1. The topological polar surface area (TPSA) is 48.1 Å². The Balaban J connectivity index is 2.08. The van der Waals surface area contributed by atoms with Crippen molar-refractivity contribution in [3.8, 4) is 11.6 Å². The predicted octanol–water partition coefficient (Wildman–Crippen LogP) is 3.56. The minimum Gasteiger partial charge on any atom is -0.439 e. The Morgan fingerprint density at radius 3 is 2.74 bits per heavy atom. The van der Waals surface area contributed by atoms with Crippen molar-refractivity contribution in [1.29, 1.82) is 0 Å². The lowest BCUT2D eigenvalue weighted by Crippen LogP contribution is -2.17. The molecule has 2 rings (SSSR count). The van der Waals surface area contributed by atoms with E-state index in [4.69, 9.17) is 22.1 Å². The van der Waals surface area contributed by atoms with Crippen molar-refractivity contribution in [2.75, 3.05) is 0 Å². The number of pyridine rings is 1. The van der Waals surface area contributed by atoms with Crippen LogP contribution in [0.3, 0.4) is 0 Å². The fraction of sp³-hybridized carbons (Fsp3) is 0.214. The summed E-state index contributed by atoms with van der Waals surface area (Å²) >= 11 is 5.67. The summed E-state index contributed by atoms with van der Waals surface area (Å²) in [5, 5.41) is 0.0195. The fourth-order valence-electron chi connectivity index (χ4n) is 1.62. The molecule has 0 saturated carbocycles. The smallest absolute Gasteiger partial charge is 0.219 e. The van der Waals surface area contributed by atoms with Crippen LogP contribution >= 0.6 is 11.6 Å². The van der Waals surface area contributed by atoms with Gasteiger partial charge in [-0.1, -0.05) is 17.7 Å². The maximum Gasteiger partial charge on any atom is 0.219 e. The molecule has 0 aliphatic heterocycles. The summed E-state index contributed by atoms with van der Waals surface area (Å²) in [6.07, 6.45) is 2.47. The molecule has 1 unspecified atom stereocenters. The van der Waals surface area contributed by atoms with Crippen molar-refractivity contribution >= 4 is 11.6 Å². The van der Waals surface area contributed by atoms with Crippen LogP contribution in [0, 0.1) is 5.82 Å². The molecule has 5 heteroatoms.